The van der Waals surface area contributed by atoms with Gasteiger partial charge in [-0.05, 0) is 32.7 Å². The number of nitrogens with zero attached hydrogens (tertiary/aromatic N) is 1. The maximum atomic E-state index is 12.1. The van der Waals surface area contributed by atoms with Crippen molar-refractivity contribution in [3.05, 3.63) is 0 Å². The molecule has 2 fully saturated rings. The topological polar surface area (TPSA) is 41.6 Å². The van der Waals surface area contributed by atoms with Crippen molar-refractivity contribution in [2.45, 2.75) is 38.3 Å². The van der Waals surface area contributed by atoms with Gasteiger partial charge in [-0.2, -0.15) is 0 Å². The van der Waals surface area contributed by atoms with Gasteiger partial charge < -0.3 is 15.0 Å². The fraction of sp³-hybridized carbons (Fsp3) is 0.909. The van der Waals surface area contributed by atoms with Crippen LogP contribution in [0.5, 0.6) is 0 Å². The van der Waals surface area contributed by atoms with Gasteiger partial charge in [0.1, 0.15) is 6.10 Å². The fourth-order valence-corrected chi connectivity index (χ4v) is 2.30. The third-order valence-electron chi connectivity index (χ3n) is 3.21. The van der Waals surface area contributed by atoms with Gasteiger partial charge in [0, 0.05) is 25.7 Å². The zero-order valence-electron chi connectivity index (χ0n) is 9.37. The van der Waals surface area contributed by atoms with E-state index in [1.807, 2.05) is 4.90 Å². The molecule has 1 N–H and O–H groups in total. The summed E-state index contributed by atoms with van der Waals surface area (Å²) in [6, 6.07) is 0.296. The van der Waals surface area contributed by atoms with Crippen LogP contribution in [0.2, 0.25) is 0 Å². The largest absolute Gasteiger partial charge is 0.368 e. The molecule has 4 nitrogen and oxygen atoms in total. The van der Waals surface area contributed by atoms with Gasteiger partial charge in [0.2, 0.25) is 0 Å². The van der Waals surface area contributed by atoms with E-state index >= 15 is 0 Å². The molecule has 0 aromatic rings. The second kappa shape index (κ2) is 4.94. The Kier molecular flexibility index (Phi) is 3.59. The number of amides is 1. The molecular formula is C11H20N2O2. The van der Waals surface area contributed by atoms with E-state index in [2.05, 4.69) is 12.2 Å². The van der Waals surface area contributed by atoms with Crippen LogP contribution >= 0.6 is 0 Å². The molecule has 2 aliphatic heterocycles. The van der Waals surface area contributed by atoms with E-state index in [4.69, 9.17) is 4.74 Å². The molecule has 86 valence electrons. The van der Waals surface area contributed by atoms with Crippen LogP contribution in [0.4, 0.5) is 0 Å². The van der Waals surface area contributed by atoms with Crippen LogP contribution in [-0.2, 0) is 9.53 Å². The second-order valence-electron chi connectivity index (χ2n) is 4.44. The Morgan fingerprint density at radius 1 is 1.47 bits per heavy atom. The molecule has 1 amide bonds. The normalized spacial score (nSPS) is 32.7. The second-order valence-corrected chi connectivity index (χ2v) is 4.44. The maximum absolute atomic E-state index is 12.1. The minimum atomic E-state index is -0.162. The predicted octanol–water partition coefficient (Wildman–Crippen LogP) is 0.376. The first-order valence-electron chi connectivity index (χ1n) is 5.92. The first-order valence-corrected chi connectivity index (χ1v) is 5.92. The van der Waals surface area contributed by atoms with Crippen molar-refractivity contribution in [2.24, 2.45) is 0 Å². The van der Waals surface area contributed by atoms with Gasteiger partial charge in [-0.15, -0.1) is 0 Å². The lowest BCUT2D eigenvalue weighted by Gasteiger charge is -2.29. The summed E-state index contributed by atoms with van der Waals surface area (Å²) in [5, 5.41) is 3.34. The number of hydrogen-bond donors (Lipinski definition) is 1. The van der Waals surface area contributed by atoms with E-state index in [9.17, 15) is 4.79 Å². The molecule has 0 aromatic carbocycles. The number of rotatable bonds is 1. The van der Waals surface area contributed by atoms with E-state index in [1.165, 1.54) is 0 Å². The molecule has 2 saturated heterocycles. The van der Waals surface area contributed by atoms with Gasteiger partial charge in [-0.1, -0.05) is 0 Å². The van der Waals surface area contributed by atoms with Crippen molar-refractivity contribution in [3.63, 3.8) is 0 Å². The molecule has 0 aromatic heterocycles. The van der Waals surface area contributed by atoms with Crippen LogP contribution in [0.1, 0.15) is 26.2 Å². The number of carbonyl (C=O) groups excluding carboxylic acids is 1. The zero-order valence-corrected chi connectivity index (χ0v) is 9.37. The quantitative estimate of drug-likeness (QED) is 0.683. The molecule has 2 aliphatic rings. The molecular weight excluding hydrogens is 192 g/mol. The summed E-state index contributed by atoms with van der Waals surface area (Å²) >= 11 is 0. The van der Waals surface area contributed by atoms with Crippen molar-refractivity contribution >= 4 is 5.91 Å². The van der Waals surface area contributed by atoms with Crippen molar-refractivity contribution in [3.8, 4) is 0 Å². The van der Waals surface area contributed by atoms with Crippen molar-refractivity contribution in [1.82, 2.24) is 10.2 Å². The van der Waals surface area contributed by atoms with Gasteiger partial charge in [0.25, 0.3) is 5.91 Å². The molecule has 2 unspecified atom stereocenters. The minimum Gasteiger partial charge on any atom is -0.368 e. The zero-order chi connectivity index (χ0) is 10.7. The standard InChI is InChI=1S/C11H20N2O2/c1-9-8-12-5-3-6-13(9)11(14)10-4-2-7-15-10/h9-10,12H,2-8H2,1H3. The van der Waals surface area contributed by atoms with Gasteiger partial charge in [-0.3, -0.25) is 4.79 Å². The summed E-state index contributed by atoms with van der Waals surface area (Å²) in [6.45, 7) is 5.63. The molecule has 0 spiro atoms. The Bertz CT molecular complexity index is 227. The van der Waals surface area contributed by atoms with Crippen molar-refractivity contribution < 1.29 is 9.53 Å². The number of ether oxygens (including phenoxy) is 1. The highest BCUT2D eigenvalue weighted by Gasteiger charge is 2.31. The SMILES string of the molecule is CC1CNCCCN1C(=O)C1CCCO1. The Labute approximate surface area is 91.0 Å². The van der Waals surface area contributed by atoms with Crippen LogP contribution in [0.3, 0.4) is 0 Å². The lowest BCUT2D eigenvalue weighted by Crippen LogP contribution is -2.46. The maximum Gasteiger partial charge on any atom is 0.251 e. The van der Waals surface area contributed by atoms with E-state index in [1.54, 1.807) is 0 Å². The summed E-state index contributed by atoms with van der Waals surface area (Å²) in [4.78, 5) is 14.1. The Hall–Kier alpha value is -0.610. The van der Waals surface area contributed by atoms with Crippen LogP contribution in [0.25, 0.3) is 0 Å². The van der Waals surface area contributed by atoms with E-state index in [0.717, 1.165) is 45.5 Å². The highest BCUT2D eigenvalue weighted by Crippen LogP contribution is 2.17. The van der Waals surface area contributed by atoms with Gasteiger partial charge >= 0.3 is 0 Å². The number of nitrogens with one attached hydrogen (secondary N) is 1. The molecule has 2 atom stereocenters. The Balaban J connectivity index is 1.96. The summed E-state index contributed by atoms with van der Waals surface area (Å²) in [7, 11) is 0. The molecule has 0 radical (unpaired) electrons. The summed E-state index contributed by atoms with van der Waals surface area (Å²) in [5.41, 5.74) is 0. The molecule has 4 heteroatoms. The molecule has 0 aliphatic carbocycles. The van der Waals surface area contributed by atoms with E-state index < -0.39 is 0 Å². The first kappa shape index (κ1) is 10.9. The highest BCUT2D eigenvalue weighted by molar-refractivity contribution is 5.81. The van der Waals surface area contributed by atoms with Crippen molar-refractivity contribution in [2.75, 3.05) is 26.2 Å². The van der Waals surface area contributed by atoms with Crippen LogP contribution in [-0.4, -0.2) is 49.2 Å². The molecule has 2 heterocycles. The average molecular weight is 212 g/mol. The number of hydrogen-bond acceptors (Lipinski definition) is 3. The molecule has 0 bridgehead atoms. The minimum absolute atomic E-state index is 0.162. The smallest absolute Gasteiger partial charge is 0.251 e. The molecule has 15 heavy (non-hydrogen) atoms. The average Bonchev–Trinajstić information content (AvgIpc) is 2.68. The third kappa shape index (κ3) is 2.49. The van der Waals surface area contributed by atoms with Crippen LogP contribution in [0.15, 0.2) is 0 Å². The predicted molar refractivity (Wildman–Crippen MR) is 57.6 cm³/mol. The number of carbonyl (C=O) groups is 1. The van der Waals surface area contributed by atoms with Crippen LogP contribution in [0, 0.1) is 0 Å². The fourth-order valence-electron chi connectivity index (χ4n) is 2.30. The van der Waals surface area contributed by atoms with Gasteiger partial charge in [0.15, 0.2) is 0 Å². The van der Waals surface area contributed by atoms with Gasteiger partial charge in [0.05, 0.1) is 0 Å². The van der Waals surface area contributed by atoms with Gasteiger partial charge in [-0.25, -0.2) is 0 Å². The lowest BCUT2D eigenvalue weighted by atomic mass is 10.2. The Morgan fingerprint density at radius 3 is 3.07 bits per heavy atom. The molecule has 0 saturated carbocycles. The summed E-state index contributed by atoms with van der Waals surface area (Å²) in [5.74, 6) is 0.198. The van der Waals surface area contributed by atoms with E-state index in [-0.39, 0.29) is 12.0 Å². The third-order valence-corrected chi connectivity index (χ3v) is 3.21. The monoisotopic (exact) mass is 212 g/mol. The van der Waals surface area contributed by atoms with Crippen molar-refractivity contribution in [1.29, 1.82) is 0 Å². The highest BCUT2D eigenvalue weighted by atomic mass is 16.5. The Morgan fingerprint density at radius 2 is 2.33 bits per heavy atom. The summed E-state index contributed by atoms with van der Waals surface area (Å²) < 4.78 is 5.45. The summed E-state index contributed by atoms with van der Waals surface area (Å²) in [6.07, 6.45) is 2.81. The molecule has 2 rings (SSSR count). The van der Waals surface area contributed by atoms with Crippen LogP contribution < -0.4 is 5.32 Å². The first-order chi connectivity index (χ1) is 7.29. The lowest BCUT2D eigenvalue weighted by molar-refractivity contribution is -0.142. The van der Waals surface area contributed by atoms with E-state index in [0.29, 0.717) is 6.04 Å².